The number of nitrogens with zero attached hydrogens (tertiary/aromatic N) is 1. The summed E-state index contributed by atoms with van der Waals surface area (Å²) in [5.74, 6) is 0.335. The predicted molar refractivity (Wildman–Crippen MR) is 124 cm³/mol. The van der Waals surface area contributed by atoms with Crippen molar-refractivity contribution in [2.24, 2.45) is 0 Å². The van der Waals surface area contributed by atoms with Crippen LogP contribution in [0, 0.1) is 6.92 Å². The van der Waals surface area contributed by atoms with E-state index in [4.69, 9.17) is 4.74 Å². The number of rotatable bonds is 9. The van der Waals surface area contributed by atoms with E-state index in [1.807, 2.05) is 73.5 Å². The summed E-state index contributed by atoms with van der Waals surface area (Å²) in [7, 11) is 1.85. The fourth-order valence-electron chi connectivity index (χ4n) is 2.98. The summed E-state index contributed by atoms with van der Waals surface area (Å²) in [6, 6.07) is 24.0. The topological polar surface area (TPSA) is 70.7 Å². The van der Waals surface area contributed by atoms with Crippen LogP contribution in [0.2, 0.25) is 0 Å². The predicted octanol–water partition coefficient (Wildman–Crippen LogP) is 4.20. The minimum Gasteiger partial charge on any atom is -0.492 e. The number of para-hydroxylation sites is 2. The fourth-order valence-corrected chi connectivity index (χ4v) is 2.98. The van der Waals surface area contributed by atoms with E-state index in [0.29, 0.717) is 30.1 Å². The molecule has 0 atom stereocenters. The molecular formula is C25H27N3O3. The molecule has 0 aliphatic heterocycles. The van der Waals surface area contributed by atoms with Gasteiger partial charge in [-0.2, -0.15) is 0 Å². The molecule has 0 aliphatic rings. The first-order chi connectivity index (χ1) is 15.0. The van der Waals surface area contributed by atoms with Gasteiger partial charge in [0.2, 0.25) is 5.91 Å². The lowest BCUT2D eigenvalue weighted by molar-refractivity contribution is -0.117. The molecule has 0 bridgehead atoms. The molecule has 3 rings (SSSR count). The van der Waals surface area contributed by atoms with Crippen LogP contribution in [0.5, 0.6) is 5.75 Å². The summed E-state index contributed by atoms with van der Waals surface area (Å²) in [6.45, 7) is 3.28. The maximum Gasteiger partial charge on any atom is 0.257 e. The van der Waals surface area contributed by atoms with E-state index in [1.165, 1.54) is 5.56 Å². The Labute approximate surface area is 182 Å². The molecule has 0 spiro atoms. The Morgan fingerprint density at radius 2 is 1.55 bits per heavy atom. The van der Waals surface area contributed by atoms with E-state index in [1.54, 1.807) is 24.3 Å². The number of hydrogen-bond acceptors (Lipinski definition) is 4. The second-order valence-electron chi connectivity index (χ2n) is 7.31. The number of amides is 2. The standard InChI is InChI=1S/C25H27N3O3/c1-19-12-14-21(15-13-19)31-17-16-28(2)18-24(29)27-23-11-7-6-10-22(23)25(30)26-20-8-4-3-5-9-20/h3-15H,16-18H2,1-2H3,(H,26,30)(H,27,29). The third-order valence-corrected chi connectivity index (χ3v) is 4.65. The van der Waals surface area contributed by atoms with Gasteiger partial charge in [-0.15, -0.1) is 0 Å². The highest BCUT2D eigenvalue weighted by Crippen LogP contribution is 2.17. The molecule has 0 fully saturated rings. The minimum atomic E-state index is -0.276. The van der Waals surface area contributed by atoms with Crippen molar-refractivity contribution >= 4 is 23.2 Å². The van der Waals surface area contributed by atoms with Gasteiger partial charge in [-0.25, -0.2) is 0 Å². The van der Waals surface area contributed by atoms with E-state index < -0.39 is 0 Å². The average molecular weight is 418 g/mol. The molecule has 6 heteroatoms. The minimum absolute atomic E-state index is 0.186. The van der Waals surface area contributed by atoms with Gasteiger partial charge in [0.1, 0.15) is 12.4 Å². The van der Waals surface area contributed by atoms with E-state index in [0.717, 1.165) is 5.75 Å². The van der Waals surface area contributed by atoms with Crippen LogP contribution in [0.3, 0.4) is 0 Å². The van der Waals surface area contributed by atoms with Crippen molar-refractivity contribution < 1.29 is 14.3 Å². The number of anilines is 2. The molecule has 3 aromatic rings. The SMILES string of the molecule is Cc1ccc(OCCN(C)CC(=O)Nc2ccccc2C(=O)Nc2ccccc2)cc1. The summed E-state index contributed by atoms with van der Waals surface area (Å²) in [6.07, 6.45) is 0. The quantitative estimate of drug-likeness (QED) is 0.548. The zero-order chi connectivity index (χ0) is 22.1. The Morgan fingerprint density at radius 3 is 2.29 bits per heavy atom. The van der Waals surface area contributed by atoms with Crippen LogP contribution >= 0.6 is 0 Å². The highest BCUT2D eigenvalue weighted by Gasteiger charge is 2.14. The fraction of sp³-hybridized carbons (Fsp3) is 0.200. The molecule has 6 nitrogen and oxygen atoms in total. The van der Waals surface area contributed by atoms with Gasteiger partial charge in [-0.05, 0) is 50.4 Å². The molecule has 2 amide bonds. The normalized spacial score (nSPS) is 10.5. The van der Waals surface area contributed by atoms with E-state index >= 15 is 0 Å². The monoisotopic (exact) mass is 417 g/mol. The first kappa shape index (κ1) is 22.1. The first-order valence-electron chi connectivity index (χ1n) is 10.1. The zero-order valence-corrected chi connectivity index (χ0v) is 17.8. The van der Waals surface area contributed by atoms with Gasteiger partial charge in [-0.3, -0.25) is 14.5 Å². The van der Waals surface area contributed by atoms with Crippen LogP contribution in [-0.4, -0.2) is 43.5 Å². The summed E-state index contributed by atoms with van der Waals surface area (Å²) >= 11 is 0. The summed E-state index contributed by atoms with van der Waals surface area (Å²) < 4.78 is 5.71. The number of nitrogens with one attached hydrogen (secondary N) is 2. The van der Waals surface area contributed by atoms with Crippen LogP contribution in [0.4, 0.5) is 11.4 Å². The van der Waals surface area contributed by atoms with Gasteiger partial charge in [0.15, 0.2) is 0 Å². The van der Waals surface area contributed by atoms with Crippen LogP contribution in [0.15, 0.2) is 78.9 Å². The Balaban J connectivity index is 1.50. The first-order valence-corrected chi connectivity index (χ1v) is 10.1. The maximum absolute atomic E-state index is 12.6. The Hall–Kier alpha value is -3.64. The average Bonchev–Trinajstić information content (AvgIpc) is 2.76. The lowest BCUT2D eigenvalue weighted by Gasteiger charge is -2.17. The van der Waals surface area contributed by atoms with E-state index in [-0.39, 0.29) is 18.4 Å². The van der Waals surface area contributed by atoms with Crippen molar-refractivity contribution in [2.75, 3.05) is 37.4 Å². The van der Waals surface area contributed by atoms with Crippen LogP contribution in [0.25, 0.3) is 0 Å². The number of ether oxygens (including phenoxy) is 1. The third-order valence-electron chi connectivity index (χ3n) is 4.65. The second kappa shape index (κ2) is 10.9. The summed E-state index contributed by atoms with van der Waals surface area (Å²) in [4.78, 5) is 27.0. The van der Waals surface area contributed by atoms with Gasteiger partial charge >= 0.3 is 0 Å². The highest BCUT2D eigenvalue weighted by molar-refractivity contribution is 6.10. The van der Waals surface area contributed by atoms with E-state index in [9.17, 15) is 9.59 Å². The van der Waals surface area contributed by atoms with Gasteiger partial charge in [-0.1, -0.05) is 48.0 Å². The summed E-state index contributed by atoms with van der Waals surface area (Å²) in [5.41, 5.74) is 2.76. The number of carbonyl (C=O) groups is 2. The molecule has 0 saturated heterocycles. The third kappa shape index (κ3) is 6.97. The van der Waals surface area contributed by atoms with Crippen LogP contribution < -0.4 is 15.4 Å². The van der Waals surface area contributed by atoms with Gasteiger partial charge in [0.05, 0.1) is 17.8 Å². The molecule has 31 heavy (non-hydrogen) atoms. The van der Waals surface area contributed by atoms with Crippen molar-refractivity contribution in [1.29, 1.82) is 0 Å². The largest absolute Gasteiger partial charge is 0.492 e. The number of likely N-dealkylation sites (N-methyl/N-ethyl adjacent to an activating group) is 1. The molecular weight excluding hydrogens is 390 g/mol. The van der Waals surface area contributed by atoms with Crippen molar-refractivity contribution in [1.82, 2.24) is 4.90 Å². The molecule has 0 saturated carbocycles. The smallest absolute Gasteiger partial charge is 0.257 e. The van der Waals surface area contributed by atoms with Gasteiger partial charge in [0, 0.05) is 12.2 Å². The molecule has 0 unspecified atom stereocenters. The molecule has 0 aliphatic carbocycles. The zero-order valence-electron chi connectivity index (χ0n) is 17.8. The van der Waals surface area contributed by atoms with Crippen LogP contribution in [0.1, 0.15) is 15.9 Å². The summed E-state index contributed by atoms with van der Waals surface area (Å²) in [5, 5.41) is 5.68. The van der Waals surface area contributed by atoms with Crippen molar-refractivity contribution in [3.63, 3.8) is 0 Å². The number of hydrogen-bond donors (Lipinski definition) is 2. The van der Waals surface area contributed by atoms with Gasteiger partial charge < -0.3 is 15.4 Å². The molecule has 0 heterocycles. The molecule has 2 N–H and O–H groups in total. The van der Waals surface area contributed by atoms with Crippen molar-refractivity contribution in [2.45, 2.75) is 6.92 Å². The lowest BCUT2D eigenvalue weighted by atomic mass is 10.1. The molecule has 0 aromatic heterocycles. The lowest BCUT2D eigenvalue weighted by Crippen LogP contribution is -2.33. The maximum atomic E-state index is 12.6. The van der Waals surface area contributed by atoms with Crippen LogP contribution in [-0.2, 0) is 4.79 Å². The van der Waals surface area contributed by atoms with Gasteiger partial charge in [0.25, 0.3) is 5.91 Å². The molecule has 3 aromatic carbocycles. The Bertz CT molecular complexity index is 1000. The number of benzene rings is 3. The molecule has 160 valence electrons. The highest BCUT2D eigenvalue weighted by atomic mass is 16.5. The Morgan fingerprint density at radius 1 is 0.871 bits per heavy atom. The Kier molecular flexibility index (Phi) is 7.79. The number of carbonyl (C=O) groups excluding carboxylic acids is 2. The molecule has 0 radical (unpaired) electrons. The number of aryl methyl sites for hydroxylation is 1. The van der Waals surface area contributed by atoms with E-state index in [2.05, 4.69) is 10.6 Å². The van der Waals surface area contributed by atoms with Crippen molar-refractivity contribution in [3.05, 3.63) is 90.0 Å². The van der Waals surface area contributed by atoms with Crippen molar-refractivity contribution in [3.8, 4) is 5.75 Å². The second-order valence-corrected chi connectivity index (χ2v) is 7.31.